The minimum absolute atomic E-state index is 0.0108. The first-order valence-corrected chi connectivity index (χ1v) is 18.9. The molecule has 0 unspecified atom stereocenters. The van der Waals surface area contributed by atoms with Crippen LogP contribution in [-0.4, -0.2) is 68.5 Å². The van der Waals surface area contributed by atoms with Crippen molar-refractivity contribution in [1.82, 2.24) is 4.72 Å². The summed E-state index contributed by atoms with van der Waals surface area (Å²) >= 11 is 6.38. The molecule has 0 radical (unpaired) electrons. The van der Waals surface area contributed by atoms with Crippen LogP contribution in [0.25, 0.3) is 0 Å². The number of fused-ring (bicyclic) bond motifs is 4. The van der Waals surface area contributed by atoms with Crippen LogP contribution in [0.3, 0.4) is 0 Å². The first-order valence-electron chi connectivity index (χ1n) is 16.9. The molecule has 1 spiro atoms. The van der Waals surface area contributed by atoms with Crippen molar-refractivity contribution in [2.45, 2.75) is 81.5 Å². The van der Waals surface area contributed by atoms with Gasteiger partial charge in [0.1, 0.15) is 5.75 Å². The summed E-state index contributed by atoms with van der Waals surface area (Å²) in [6, 6.07) is 10.5. The molecule has 2 aliphatic carbocycles. The first-order chi connectivity index (χ1) is 23.1. The topological polar surface area (TPSA) is 122 Å². The number of nitrogens with one attached hydrogen (secondary N) is 1. The molecule has 2 N–H and O–H groups in total. The zero-order valence-electron chi connectivity index (χ0n) is 27.9. The lowest BCUT2D eigenvalue weighted by atomic mass is 9.62. The van der Waals surface area contributed by atoms with Gasteiger partial charge in [-0.25, -0.2) is 17.9 Å². The number of alkyl halides is 2. The second-order valence-electron chi connectivity index (χ2n) is 14.1. The summed E-state index contributed by atoms with van der Waals surface area (Å²) in [4.78, 5) is 28.2. The van der Waals surface area contributed by atoms with E-state index in [1.807, 2.05) is 23.1 Å². The molecule has 1 amide bonds. The normalized spacial score (nSPS) is 32.0. The van der Waals surface area contributed by atoms with Crippen LogP contribution in [0.4, 0.5) is 14.5 Å². The highest BCUT2D eigenvalue weighted by atomic mass is 35.5. The fourth-order valence-electron chi connectivity index (χ4n) is 7.99. The molecule has 2 heterocycles. The van der Waals surface area contributed by atoms with Gasteiger partial charge in [0, 0.05) is 35.0 Å². The summed E-state index contributed by atoms with van der Waals surface area (Å²) in [6.45, 7) is 5.09. The lowest BCUT2D eigenvalue weighted by Crippen LogP contribution is -2.62. The van der Waals surface area contributed by atoms with Crippen molar-refractivity contribution in [3.63, 3.8) is 0 Å². The molecule has 2 bridgehead atoms. The third-order valence-electron chi connectivity index (χ3n) is 11.2. The summed E-state index contributed by atoms with van der Waals surface area (Å²) in [5, 5.41) is 11.5. The molecule has 2 aromatic carbocycles. The average Bonchev–Trinajstić information content (AvgIpc) is 3.18. The molecular formula is C36H43ClF2N2O7S. The van der Waals surface area contributed by atoms with Crippen LogP contribution in [0.5, 0.6) is 5.75 Å². The summed E-state index contributed by atoms with van der Waals surface area (Å²) in [5.74, 6) is -8.56. The first kappa shape index (κ1) is 35.6. The Morgan fingerprint density at radius 2 is 1.98 bits per heavy atom. The number of carbonyl (C=O) groups is 2. The lowest BCUT2D eigenvalue weighted by molar-refractivity contribution is -0.225. The van der Waals surface area contributed by atoms with Crippen LogP contribution < -0.4 is 14.4 Å². The predicted molar refractivity (Wildman–Crippen MR) is 182 cm³/mol. The Labute approximate surface area is 291 Å². The highest BCUT2D eigenvalue weighted by molar-refractivity contribution is 7.90. The van der Waals surface area contributed by atoms with Gasteiger partial charge in [-0.15, -0.1) is 0 Å². The maximum Gasteiger partial charge on any atom is 0.380 e. The van der Waals surface area contributed by atoms with Gasteiger partial charge < -0.3 is 19.5 Å². The van der Waals surface area contributed by atoms with Crippen molar-refractivity contribution in [2.24, 2.45) is 17.8 Å². The van der Waals surface area contributed by atoms with Crippen LogP contribution >= 0.6 is 11.6 Å². The van der Waals surface area contributed by atoms with Gasteiger partial charge in [-0.2, -0.15) is 8.78 Å². The third-order valence-corrected chi connectivity index (χ3v) is 13.3. The Morgan fingerprint density at radius 3 is 2.69 bits per heavy atom. The Hall–Kier alpha value is -3.22. The van der Waals surface area contributed by atoms with Gasteiger partial charge in [0.05, 0.1) is 24.2 Å². The van der Waals surface area contributed by atoms with Crippen LogP contribution in [0, 0.1) is 17.8 Å². The molecule has 6 atom stereocenters. The molecule has 0 saturated heterocycles. The molecule has 2 aromatic rings. The van der Waals surface area contributed by atoms with Gasteiger partial charge in [-0.05, 0) is 106 Å². The van der Waals surface area contributed by atoms with Gasteiger partial charge in [-0.3, -0.25) is 4.79 Å². The maximum absolute atomic E-state index is 16.1. The van der Waals surface area contributed by atoms with Gasteiger partial charge in [0.15, 0.2) is 5.60 Å². The number of aryl methyl sites for hydroxylation is 1. The number of hydrogen-bond donors (Lipinski definition) is 2. The molecule has 1 saturated carbocycles. The number of amides is 1. The molecule has 2 aliphatic heterocycles. The molecule has 49 heavy (non-hydrogen) atoms. The minimum Gasteiger partial charge on any atom is -0.490 e. The number of hydrogen-bond acceptors (Lipinski definition) is 8. The van der Waals surface area contributed by atoms with E-state index in [0.717, 1.165) is 36.5 Å². The van der Waals surface area contributed by atoms with Crippen molar-refractivity contribution < 1.29 is 41.4 Å². The SMILES string of the molecule is CCOC(=O)C(F)(F)[C@@]1(O)/C=C\C[C@H](C)[C@@H](C)S(=O)(=O)NC(=O)c2ccc3c(c2)N(C[C@@H]2CC[C@H]21)C[C@@]1(CCCc2cc(Cl)ccc21)CO3. The zero-order chi connectivity index (χ0) is 35.4. The maximum atomic E-state index is 16.1. The van der Waals surface area contributed by atoms with Crippen molar-refractivity contribution >= 4 is 39.2 Å². The second kappa shape index (κ2) is 13.2. The van der Waals surface area contributed by atoms with Crippen LogP contribution in [0.15, 0.2) is 48.6 Å². The highest BCUT2D eigenvalue weighted by Crippen LogP contribution is 2.52. The standard InChI is InChI=1S/C36H43ClF2N2O7S/c1-4-47-33(43)36(38,39)35(44)16-5-7-22(2)23(3)49(45,46)40-32(42)25-10-14-31-30(18-25)41(19-26-9-12-29(26)35)20-34(21-48-31)15-6-8-24-17-27(37)11-13-28(24)34/h5,10-11,13-14,16-18,22-23,26,29,44H,4,6-9,12,15,19-21H2,1-3H3,(H,40,42)/b16-5-/t22-,23+,26-,29+,34-,35+/m0/s1. The number of sulfonamides is 1. The Balaban J connectivity index is 1.48. The van der Waals surface area contributed by atoms with E-state index < -0.39 is 61.8 Å². The van der Waals surface area contributed by atoms with E-state index in [9.17, 15) is 23.1 Å². The van der Waals surface area contributed by atoms with Crippen molar-refractivity contribution in [1.29, 1.82) is 0 Å². The summed E-state index contributed by atoms with van der Waals surface area (Å²) in [6.07, 6.45) is 5.48. The van der Waals surface area contributed by atoms with Gasteiger partial charge >= 0.3 is 11.9 Å². The van der Waals surface area contributed by atoms with Crippen LogP contribution in [-0.2, 0) is 31.4 Å². The Bertz CT molecular complexity index is 1770. The van der Waals surface area contributed by atoms with Crippen molar-refractivity contribution in [3.8, 4) is 5.75 Å². The number of benzene rings is 2. The van der Waals surface area contributed by atoms with E-state index in [1.165, 1.54) is 26.0 Å². The number of rotatable bonds is 3. The third kappa shape index (κ3) is 6.33. The second-order valence-corrected chi connectivity index (χ2v) is 16.6. The number of allylic oxidation sites excluding steroid dienone is 1. The quantitative estimate of drug-likeness (QED) is 0.301. The monoisotopic (exact) mass is 720 g/mol. The van der Waals surface area contributed by atoms with Gasteiger partial charge in [0.2, 0.25) is 10.0 Å². The largest absolute Gasteiger partial charge is 0.490 e. The lowest BCUT2D eigenvalue weighted by Gasteiger charge is -2.50. The summed E-state index contributed by atoms with van der Waals surface area (Å²) < 4.78 is 72.2. The molecule has 9 nitrogen and oxygen atoms in total. The molecule has 13 heteroatoms. The molecule has 0 aromatic heterocycles. The number of nitrogens with zero attached hydrogens (tertiary/aromatic N) is 1. The number of carbonyl (C=O) groups excluding carboxylic acids is 2. The number of anilines is 1. The van der Waals surface area contributed by atoms with Crippen LogP contribution in [0.2, 0.25) is 5.02 Å². The number of ether oxygens (including phenoxy) is 2. The summed E-state index contributed by atoms with van der Waals surface area (Å²) in [5.41, 5.74) is -0.614. The number of esters is 1. The predicted octanol–water partition coefficient (Wildman–Crippen LogP) is 5.81. The van der Waals surface area contributed by atoms with Gasteiger partial charge in [0.25, 0.3) is 5.91 Å². The van der Waals surface area contributed by atoms with Gasteiger partial charge in [-0.1, -0.05) is 36.7 Å². The zero-order valence-corrected chi connectivity index (χ0v) is 29.5. The van der Waals surface area contributed by atoms with Crippen LogP contribution in [0.1, 0.15) is 74.4 Å². The van der Waals surface area contributed by atoms with E-state index in [0.29, 0.717) is 36.0 Å². The minimum atomic E-state index is -4.28. The van der Waals surface area contributed by atoms with E-state index in [-0.39, 0.29) is 31.6 Å². The fourth-order valence-corrected chi connectivity index (χ4v) is 9.47. The van der Waals surface area contributed by atoms with E-state index in [2.05, 4.69) is 4.72 Å². The fraction of sp³-hybridized carbons (Fsp3) is 0.556. The van der Waals surface area contributed by atoms with E-state index in [4.69, 9.17) is 21.1 Å². The Morgan fingerprint density at radius 1 is 1.20 bits per heavy atom. The van der Waals surface area contributed by atoms with E-state index >= 15 is 8.78 Å². The van der Waals surface area contributed by atoms with Crippen molar-refractivity contribution in [2.75, 3.05) is 31.2 Å². The average molecular weight is 721 g/mol. The molecule has 6 rings (SSSR count). The smallest absolute Gasteiger partial charge is 0.380 e. The molecular weight excluding hydrogens is 678 g/mol. The molecule has 4 aliphatic rings. The number of halogens is 3. The molecule has 266 valence electrons. The Kier molecular flexibility index (Phi) is 9.56. The van der Waals surface area contributed by atoms with Crippen molar-refractivity contribution in [3.05, 3.63) is 70.3 Å². The number of aliphatic hydroxyl groups is 1. The molecule has 1 fully saturated rings. The highest BCUT2D eigenvalue weighted by Gasteiger charge is 2.65. The van der Waals surface area contributed by atoms with E-state index in [1.54, 1.807) is 19.1 Å². The summed E-state index contributed by atoms with van der Waals surface area (Å²) in [7, 11) is -4.20.